The number of carboxylic acids is 1. The first-order chi connectivity index (χ1) is 9.97. The van der Waals surface area contributed by atoms with E-state index in [-0.39, 0.29) is 5.92 Å². The highest BCUT2D eigenvalue weighted by molar-refractivity contribution is 9.10. The van der Waals surface area contributed by atoms with Gasteiger partial charge in [-0.05, 0) is 46.3 Å². The van der Waals surface area contributed by atoms with Gasteiger partial charge in [0.1, 0.15) is 13.2 Å². The van der Waals surface area contributed by atoms with Crippen LogP contribution in [-0.4, -0.2) is 24.3 Å². The molecule has 0 bridgehead atoms. The van der Waals surface area contributed by atoms with Crippen molar-refractivity contribution in [2.75, 3.05) is 13.2 Å². The smallest absolute Gasteiger partial charge is 0.314 e. The van der Waals surface area contributed by atoms with E-state index in [0.717, 1.165) is 22.0 Å². The molecule has 4 nitrogen and oxygen atoms in total. The summed E-state index contributed by atoms with van der Waals surface area (Å²) in [7, 11) is 0. The highest BCUT2D eigenvalue weighted by atomic mass is 79.9. The number of rotatable bonds is 3. The molecule has 5 heteroatoms. The van der Waals surface area contributed by atoms with Crippen molar-refractivity contribution in [3.8, 4) is 11.5 Å². The van der Waals surface area contributed by atoms with Crippen LogP contribution in [0.2, 0.25) is 0 Å². The Balaban J connectivity index is 2.25. The minimum Gasteiger partial charge on any atom is -0.486 e. The molecule has 3 rings (SSSR count). The largest absolute Gasteiger partial charge is 0.486 e. The highest BCUT2D eigenvalue weighted by Crippen LogP contribution is 2.53. The quantitative estimate of drug-likeness (QED) is 0.895. The number of hydrogen-bond donors (Lipinski definition) is 1. The van der Waals surface area contributed by atoms with Crippen LogP contribution in [0.15, 0.2) is 10.5 Å². The number of fused-ring (bicyclic) bond motifs is 1. The predicted molar refractivity (Wildman–Crippen MR) is 82.4 cm³/mol. The molecule has 0 radical (unpaired) electrons. The van der Waals surface area contributed by atoms with Crippen LogP contribution >= 0.6 is 15.9 Å². The summed E-state index contributed by atoms with van der Waals surface area (Å²) < 4.78 is 12.3. The van der Waals surface area contributed by atoms with Gasteiger partial charge in [0, 0.05) is 5.56 Å². The normalized spacial score (nSPS) is 19.2. The van der Waals surface area contributed by atoms with Crippen molar-refractivity contribution in [1.29, 1.82) is 0 Å². The van der Waals surface area contributed by atoms with Crippen molar-refractivity contribution in [3.63, 3.8) is 0 Å². The molecule has 0 saturated heterocycles. The van der Waals surface area contributed by atoms with Crippen molar-refractivity contribution in [2.45, 2.75) is 44.4 Å². The molecule has 1 aromatic carbocycles. The number of carboxylic acid groups (broad SMARTS) is 1. The molecule has 0 aromatic heterocycles. The Kier molecular flexibility index (Phi) is 3.64. The molecule has 1 fully saturated rings. The fourth-order valence-corrected chi connectivity index (χ4v) is 3.81. The maximum absolute atomic E-state index is 11.9. The third kappa shape index (κ3) is 2.13. The van der Waals surface area contributed by atoms with Crippen molar-refractivity contribution < 1.29 is 19.4 Å². The third-order valence-corrected chi connectivity index (χ3v) is 5.10. The maximum atomic E-state index is 11.9. The SMILES string of the molecule is CC(C)c1c(C2(C(=O)O)CCC2)cc(Br)c2c1OCCO2. The first kappa shape index (κ1) is 14.7. The molecule has 1 saturated carbocycles. The third-order valence-electron chi connectivity index (χ3n) is 4.51. The van der Waals surface area contributed by atoms with Gasteiger partial charge in [-0.3, -0.25) is 4.79 Å². The molecule has 21 heavy (non-hydrogen) atoms. The van der Waals surface area contributed by atoms with Gasteiger partial charge in [-0.2, -0.15) is 0 Å². The molecule has 0 unspecified atom stereocenters. The van der Waals surface area contributed by atoms with E-state index in [0.29, 0.717) is 37.6 Å². The molecular weight excluding hydrogens is 336 g/mol. The van der Waals surface area contributed by atoms with E-state index in [2.05, 4.69) is 29.8 Å². The number of benzene rings is 1. The van der Waals surface area contributed by atoms with Crippen molar-refractivity contribution in [3.05, 3.63) is 21.7 Å². The van der Waals surface area contributed by atoms with Gasteiger partial charge < -0.3 is 14.6 Å². The first-order valence-corrected chi connectivity index (χ1v) is 8.12. The Morgan fingerprint density at radius 2 is 1.90 bits per heavy atom. The Hall–Kier alpha value is -1.23. The van der Waals surface area contributed by atoms with Crippen molar-refractivity contribution in [2.24, 2.45) is 0 Å². The number of aliphatic carboxylic acids is 1. The van der Waals surface area contributed by atoms with E-state index in [1.54, 1.807) is 0 Å². The van der Waals surface area contributed by atoms with Crippen LogP contribution in [0.5, 0.6) is 11.5 Å². The lowest BCUT2D eigenvalue weighted by Crippen LogP contribution is -2.43. The summed E-state index contributed by atoms with van der Waals surface area (Å²) in [6.45, 7) is 5.16. The topological polar surface area (TPSA) is 55.8 Å². The Morgan fingerprint density at radius 1 is 1.29 bits per heavy atom. The number of halogens is 1. The number of ether oxygens (including phenoxy) is 2. The van der Waals surface area contributed by atoms with Gasteiger partial charge in [-0.1, -0.05) is 20.3 Å². The van der Waals surface area contributed by atoms with Crippen molar-refractivity contribution in [1.82, 2.24) is 0 Å². The van der Waals surface area contributed by atoms with Gasteiger partial charge in [0.25, 0.3) is 0 Å². The number of hydrogen-bond acceptors (Lipinski definition) is 3. The van der Waals surface area contributed by atoms with Gasteiger partial charge in [-0.25, -0.2) is 0 Å². The summed E-state index contributed by atoms with van der Waals surface area (Å²) in [6.07, 6.45) is 2.33. The lowest BCUT2D eigenvalue weighted by molar-refractivity contribution is -0.147. The van der Waals surface area contributed by atoms with Gasteiger partial charge in [0.05, 0.1) is 9.89 Å². The average molecular weight is 355 g/mol. The summed E-state index contributed by atoms with van der Waals surface area (Å²) in [4.78, 5) is 11.9. The molecule has 1 N–H and O–H groups in total. The molecular formula is C16H19BrO4. The van der Waals surface area contributed by atoms with E-state index in [1.165, 1.54) is 0 Å². The minimum atomic E-state index is -0.766. The summed E-state index contributed by atoms with van der Waals surface area (Å²) >= 11 is 3.51. The van der Waals surface area contributed by atoms with E-state index >= 15 is 0 Å². The Morgan fingerprint density at radius 3 is 2.38 bits per heavy atom. The molecule has 0 spiro atoms. The molecule has 1 aliphatic carbocycles. The van der Waals surface area contributed by atoms with Crippen LogP contribution in [0.1, 0.15) is 50.2 Å². The van der Waals surface area contributed by atoms with Gasteiger partial charge in [0.2, 0.25) is 0 Å². The monoisotopic (exact) mass is 354 g/mol. The van der Waals surface area contributed by atoms with E-state index in [1.807, 2.05) is 6.07 Å². The van der Waals surface area contributed by atoms with E-state index in [9.17, 15) is 9.90 Å². The second kappa shape index (κ2) is 5.20. The highest BCUT2D eigenvalue weighted by Gasteiger charge is 2.48. The fraction of sp³-hybridized carbons (Fsp3) is 0.562. The van der Waals surface area contributed by atoms with Gasteiger partial charge in [-0.15, -0.1) is 0 Å². The zero-order valence-corrected chi connectivity index (χ0v) is 13.8. The van der Waals surface area contributed by atoms with Crippen LogP contribution in [0.25, 0.3) is 0 Å². The molecule has 1 aromatic rings. The standard InChI is InChI=1S/C16H19BrO4/c1-9(2)12-10(16(15(18)19)4-3-5-16)8-11(17)13-14(12)21-7-6-20-13/h8-9H,3-7H2,1-2H3,(H,18,19). The molecule has 114 valence electrons. The predicted octanol–water partition coefficient (Wildman–Crippen LogP) is 3.85. The van der Waals surface area contributed by atoms with E-state index in [4.69, 9.17) is 9.47 Å². The molecule has 0 atom stereocenters. The summed E-state index contributed by atoms with van der Waals surface area (Å²) in [6, 6.07) is 1.93. The zero-order chi connectivity index (χ0) is 15.2. The molecule has 1 aliphatic heterocycles. The van der Waals surface area contributed by atoms with Crippen LogP contribution in [0, 0.1) is 0 Å². The summed E-state index contributed by atoms with van der Waals surface area (Å²) in [5.41, 5.74) is 1.10. The lowest BCUT2D eigenvalue weighted by atomic mass is 9.62. The lowest BCUT2D eigenvalue weighted by Gasteiger charge is -2.41. The first-order valence-electron chi connectivity index (χ1n) is 7.33. The van der Waals surface area contributed by atoms with E-state index < -0.39 is 11.4 Å². The van der Waals surface area contributed by atoms with Crippen LogP contribution in [-0.2, 0) is 10.2 Å². The van der Waals surface area contributed by atoms with Crippen LogP contribution < -0.4 is 9.47 Å². The minimum absolute atomic E-state index is 0.181. The second-order valence-corrected chi connectivity index (χ2v) is 6.92. The van der Waals surface area contributed by atoms with Gasteiger partial charge in [0.15, 0.2) is 11.5 Å². The molecule has 0 amide bonds. The maximum Gasteiger partial charge on any atom is 0.314 e. The Bertz CT molecular complexity index is 590. The van der Waals surface area contributed by atoms with Crippen molar-refractivity contribution >= 4 is 21.9 Å². The Labute approximate surface area is 132 Å². The molecule has 1 heterocycles. The van der Waals surface area contributed by atoms with Crippen LogP contribution in [0.3, 0.4) is 0 Å². The fourth-order valence-electron chi connectivity index (χ4n) is 3.29. The molecule has 2 aliphatic rings. The summed E-state index contributed by atoms with van der Waals surface area (Å²) in [5.74, 6) is 0.862. The number of carbonyl (C=O) groups is 1. The summed E-state index contributed by atoms with van der Waals surface area (Å²) in [5, 5.41) is 9.75. The zero-order valence-electron chi connectivity index (χ0n) is 12.2. The van der Waals surface area contributed by atoms with Gasteiger partial charge >= 0.3 is 5.97 Å². The second-order valence-electron chi connectivity index (χ2n) is 6.07. The van der Waals surface area contributed by atoms with Crippen LogP contribution in [0.4, 0.5) is 0 Å². The average Bonchev–Trinajstić information content (AvgIpc) is 2.36.